The van der Waals surface area contributed by atoms with Gasteiger partial charge in [0.1, 0.15) is 5.41 Å². The van der Waals surface area contributed by atoms with Gasteiger partial charge in [-0.25, -0.2) is 0 Å². The molecule has 0 fully saturated rings. The van der Waals surface area contributed by atoms with Gasteiger partial charge in [0.25, 0.3) is 0 Å². The minimum absolute atomic E-state index is 0.111. The van der Waals surface area contributed by atoms with Crippen molar-refractivity contribution in [2.24, 2.45) is 11.3 Å². The van der Waals surface area contributed by atoms with E-state index in [0.29, 0.717) is 5.92 Å². The first-order valence-electron chi connectivity index (χ1n) is 4.53. The number of carbonyl (C=O) groups is 1. The first kappa shape index (κ1) is 12.0. The van der Waals surface area contributed by atoms with Crippen LogP contribution in [0.2, 0.25) is 0 Å². The number of rotatable bonds is 3. The molecule has 0 bridgehead atoms. The summed E-state index contributed by atoms with van der Waals surface area (Å²) in [5.74, 6) is 0.189. The summed E-state index contributed by atoms with van der Waals surface area (Å²) < 4.78 is 0. The fourth-order valence-corrected chi connectivity index (χ4v) is 0.605. The number of nitrogens with zero attached hydrogens (tertiary/aromatic N) is 1. The third kappa shape index (κ3) is 3.45. The van der Waals surface area contributed by atoms with Crippen molar-refractivity contribution < 1.29 is 4.79 Å². The van der Waals surface area contributed by atoms with E-state index in [1.165, 1.54) is 0 Å². The molecule has 1 atom stereocenters. The highest BCUT2D eigenvalue weighted by molar-refractivity contribution is 5.84. The standard InChI is InChI=1S/C10H18N2O/c1-7(2)8(3)12-9(13)10(4,5)6-11/h7-8H,1-5H3,(H,12,13). The highest BCUT2D eigenvalue weighted by Gasteiger charge is 2.28. The maximum Gasteiger partial charge on any atom is 0.240 e. The Bertz CT molecular complexity index is 226. The lowest BCUT2D eigenvalue weighted by Crippen LogP contribution is -2.43. The second kappa shape index (κ2) is 4.27. The van der Waals surface area contributed by atoms with Crippen molar-refractivity contribution in [2.75, 3.05) is 0 Å². The molecule has 13 heavy (non-hydrogen) atoms. The molecule has 0 heterocycles. The normalized spacial score (nSPS) is 13.6. The molecule has 0 saturated heterocycles. The fraction of sp³-hybridized carbons (Fsp3) is 0.800. The monoisotopic (exact) mass is 182 g/mol. The molecule has 74 valence electrons. The van der Waals surface area contributed by atoms with Gasteiger partial charge in [0, 0.05) is 6.04 Å². The maximum absolute atomic E-state index is 11.5. The summed E-state index contributed by atoms with van der Waals surface area (Å²) in [5.41, 5.74) is -0.927. The Morgan fingerprint density at radius 1 is 1.38 bits per heavy atom. The number of amides is 1. The van der Waals surface area contributed by atoms with Crippen LogP contribution in [0.5, 0.6) is 0 Å². The molecule has 0 radical (unpaired) electrons. The zero-order valence-corrected chi connectivity index (χ0v) is 9.01. The summed E-state index contributed by atoms with van der Waals surface area (Å²) in [5, 5.41) is 11.5. The predicted octanol–water partition coefficient (Wildman–Crippen LogP) is 1.70. The SMILES string of the molecule is CC(C)C(C)NC(=O)C(C)(C)C#N. The Balaban J connectivity index is 4.26. The van der Waals surface area contributed by atoms with Crippen molar-refractivity contribution in [2.45, 2.75) is 40.7 Å². The summed E-state index contributed by atoms with van der Waals surface area (Å²) in [7, 11) is 0. The molecule has 0 aromatic rings. The largest absolute Gasteiger partial charge is 0.352 e. The molecule has 0 aromatic heterocycles. The van der Waals surface area contributed by atoms with Gasteiger partial charge in [-0.3, -0.25) is 4.79 Å². The van der Waals surface area contributed by atoms with Crippen LogP contribution >= 0.6 is 0 Å². The van der Waals surface area contributed by atoms with Crippen LogP contribution in [0.4, 0.5) is 0 Å². The van der Waals surface area contributed by atoms with Crippen molar-refractivity contribution in [3.05, 3.63) is 0 Å². The van der Waals surface area contributed by atoms with E-state index in [9.17, 15) is 4.79 Å². The van der Waals surface area contributed by atoms with Gasteiger partial charge in [0.15, 0.2) is 0 Å². The van der Waals surface area contributed by atoms with Gasteiger partial charge in [-0.15, -0.1) is 0 Å². The van der Waals surface area contributed by atoms with Gasteiger partial charge in [0.2, 0.25) is 5.91 Å². The Morgan fingerprint density at radius 2 is 1.85 bits per heavy atom. The number of hydrogen-bond donors (Lipinski definition) is 1. The third-order valence-electron chi connectivity index (χ3n) is 2.21. The molecule has 1 amide bonds. The van der Waals surface area contributed by atoms with Crippen molar-refractivity contribution in [3.63, 3.8) is 0 Å². The molecule has 3 heteroatoms. The van der Waals surface area contributed by atoms with Gasteiger partial charge >= 0.3 is 0 Å². The van der Waals surface area contributed by atoms with E-state index >= 15 is 0 Å². The second-order valence-corrected chi connectivity index (χ2v) is 4.24. The lowest BCUT2D eigenvalue weighted by atomic mass is 9.93. The number of nitrogens with one attached hydrogen (secondary N) is 1. The maximum atomic E-state index is 11.5. The van der Waals surface area contributed by atoms with E-state index in [0.717, 1.165) is 0 Å². The van der Waals surface area contributed by atoms with Crippen molar-refractivity contribution >= 4 is 5.91 Å². The molecule has 1 N–H and O–H groups in total. The van der Waals surface area contributed by atoms with Crippen LogP contribution in [0, 0.1) is 22.7 Å². The van der Waals surface area contributed by atoms with Gasteiger partial charge in [-0.1, -0.05) is 13.8 Å². The molecule has 3 nitrogen and oxygen atoms in total. The van der Waals surface area contributed by atoms with E-state index in [1.807, 2.05) is 26.8 Å². The van der Waals surface area contributed by atoms with E-state index in [4.69, 9.17) is 5.26 Å². The van der Waals surface area contributed by atoms with Crippen molar-refractivity contribution in [1.29, 1.82) is 5.26 Å². The zero-order valence-electron chi connectivity index (χ0n) is 9.01. The Labute approximate surface area is 80.1 Å². The Morgan fingerprint density at radius 3 is 2.15 bits per heavy atom. The average Bonchev–Trinajstić information content (AvgIpc) is 2.04. The third-order valence-corrected chi connectivity index (χ3v) is 2.21. The summed E-state index contributed by atoms with van der Waals surface area (Å²) in [4.78, 5) is 11.5. The quantitative estimate of drug-likeness (QED) is 0.722. The number of nitriles is 1. The lowest BCUT2D eigenvalue weighted by Gasteiger charge is -2.22. The molecule has 0 rings (SSSR count). The van der Waals surface area contributed by atoms with Crippen LogP contribution in [0.15, 0.2) is 0 Å². The average molecular weight is 182 g/mol. The van der Waals surface area contributed by atoms with Crippen LogP contribution < -0.4 is 5.32 Å². The Kier molecular flexibility index (Phi) is 3.93. The van der Waals surface area contributed by atoms with Crippen LogP contribution in [0.25, 0.3) is 0 Å². The summed E-state index contributed by atoms with van der Waals surface area (Å²) in [6, 6.07) is 2.08. The van der Waals surface area contributed by atoms with Gasteiger partial charge in [-0.2, -0.15) is 5.26 Å². The van der Waals surface area contributed by atoms with Crippen LogP contribution in [-0.2, 0) is 4.79 Å². The molecule has 0 saturated carbocycles. The van der Waals surface area contributed by atoms with E-state index < -0.39 is 5.41 Å². The van der Waals surface area contributed by atoms with Gasteiger partial charge in [-0.05, 0) is 26.7 Å². The number of hydrogen-bond acceptors (Lipinski definition) is 2. The Hall–Kier alpha value is -1.04. The summed E-state index contributed by atoms with van der Waals surface area (Å²) in [6.45, 7) is 9.25. The zero-order chi connectivity index (χ0) is 10.6. The van der Waals surface area contributed by atoms with Gasteiger partial charge < -0.3 is 5.32 Å². The predicted molar refractivity (Wildman–Crippen MR) is 51.8 cm³/mol. The smallest absolute Gasteiger partial charge is 0.240 e. The molecule has 0 aromatic carbocycles. The van der Waals surface area contributed by atoms with Crippen molar-refractivity contribution in [3.8, 4) is 6.07 Å². The molecule has 0 aliphatic carbocycles. The van der Waals surface area contributed by atoms with Gasteiger partial charge in [0.05, 0.1) is 6.07 Å². The van der Waals surface area contributed by atoms with E-state index in [2.05, 4.69) is 5.32 Å². The molecule has 0 aliphatic rings. The molecule has 1 unspecified atom stereocenters. The first-order chi connectivity index (χ1) is 5.81. The number of carbonyl (C=O) groups excluding carboxylic acids is 1. The molecule has 0 spiro atoms. The fourth-order valence-electron chi connectivity index (χ4n) is 0.605. The second-order valence-electron chi connectivity index (χ2n) is 4.24. The minimum Gasteiger partial charge on any atom is -0.352 e. The van der Waals surface area contributed by atoms with E-state index in [1.54, 1.807) is 13.8 Å². The molecular formula is C10H18N2O. The summed E-state index contributed by atoms with van der Waals surface area (Å²) >= 11 is 0. The minimum atomic E-state index is -0.927. The topological polar surface area (TPSA) is 52.9 Å². The van der Waals surface area contributed by atoms with E-state index in [-0.39, 0.29) is 11.9 Å². The molecular weight excluding hydrogens is 164 g/mol. The first-order valence-corrected chi connectivity index (χ1v) is 4.53. The highest BCUT2D eigenvalue weighted by Crippen LogP contribution is 2.14. The molecule has 0 aliphatic heterocycles. The summed E-state index contributed by atoms with van der Waals surface area (Å²) in [6.07, 6.45) is 0. The van der Waals surface area contributed by atoms with Crippen LogP contribution in [0.1, 0.15) is 34.6 Å². The van der Waals surface area contributed by atoms with Crippen LogP contribution in [0.3, 0.4) is 0 Å². The lowest BCUT2D eigenvalue weighted by molar-refractivity contribution is -0.127. The highest BCUT2D eigenvalue weighted by atomic mass is 16.2. The van der Waals surface area contributed by atoms with Crippen molar-refractivity contribution in [1.82, 2.24) is 5.32 Å². The van der Waals surface area contributed by atoms with Crippen LogP contribution in [-0.4, -0.2) is 11.9 Å².